The maximum Gasteiger partial charge on any atom is 0.257 e. The third kappa shape index (κ3) is 3.83. The fourth-order valence-electron chi connectivity index (χ4n) is 1.50. The maximum atomic E-state index is 12.1. The van der Waals surface area contributed by atoms with Crippen molar-refractivity contribution in [3.63, 3.8) is 0 Å². The second kappa shape index (κ2) is 7.03. The lowest BCUT2D eigenvalue weighted by atomic mass is 10.2. The number of ether oxygens (including phenoxy) is 1. The van der Waals surface area contributed by atoms with Crippen LogP contribution in [0.4, 0.5) is 0 Å². The Morgan fingerprint density at radius 3 is 2.88 bits per heavy atom. The largest absolute Gasteiger partial charge is 0.378 e. The fraction of sp³-hybridized carbons (Fsp3) is 0.636. The highest BCUT2D eigenvalue weighted by atomic mass is 16.5. The van der Waals surface area contributed by atoms with Crippen LogP contribution < -0.4 is 5.73 Å². The molecule has 0 atom stereocenters. The molecule has 0 fully saturated rings. The highest BCUT2D eigenvalue weighted by molar-refractivity contribution is 5.94. The predicted molar refractivity (Wildman–Crippen MR) is 64.8 cm³/mol. The van der Waals surface area contributed by atoms with E-state index in [1.165, 1.54) is 0 Å². The van der Waals surface area contributed by atoms with Crippen molar-refractivity contribution >= 4 is 5.91 Å². The van der Waals surface area contributed by atoms with Gasteiger partial charge in [0, 0.05) is 25.3 Å². The van der Waals surface area contributed by atoms with Crippen LogP contribution in [-0.2, 0) is 4.74 Å². The van der Waals surface area contributed by atoms with Crippen molar-refractivity contribution in [3.05, 3.63) is 17.5 Å². The zero-order valence-corrected chi connectivity index (χ0v) is 10.4. The second-order valence-corrected chi connectivity index (χ2v) is 3.69. The minimum absolute atomic E-state index is 0.0184. The zero-order chi connectivity index (χ0) is 12.7. The molecule has 96 valence electrons. The van der Waals surface area contributed by atoms with Crippen LogP contribution in [0.2, 0.25) is 0 Å². The summed E-state index contributed by atoms with van der Waals surface area (Å²) in [6, 6.07) is 0. The molecular formula is C11H20N4O2. The van der Waals surface area contributed by atoms with Crippen LogP contribution in [-0.4, -0.2) is 53.9 Å². The molecule has 0 aliphatic rings. The van der Waals surface area contributed by atoms with Gasteiger partial charge in [-0.15, -0.1) is 0 Å². The molecule has 0 radical (unpaired) electrons. The van der Waals surface area contributed by atoms with Gasteiger partial charge in [-0.25, -0.2) is 0 Å². The summed E-state index contributed by atoms with van der Waals surface area (Å²) in [5.74, 6) is -0.0184. The lowest BCUT2D eigenvalue weighted by Crippen LogP contribution is -2.34. The number of rotatable bonds is 7. The van der Waals surface area contributed by atoms with Gasteiger partial charge in [-0.05, 0) is 13.8 Å². The van der Waals surface area contributed by atoms with Gasteiger partial charge in [0.2, 0.25) is 0 Å². The Morgan fingerprint density at radius 2 is 2.35 bits per heavy atom. The topological polar surface area (TPSA) is 84.2 Å². The molecule has 1 aromatic rings. The number of hydrogen-bond donors (Lipinski definition) is 2. The van der Waals surface area contributed by atoms with Gasteiger partial charge in [0.1, 0.15) is 0 Å². The fourth-order valence-corrected chi connectivity index (χ4v) is 1.50. The summed E-state index contributed by atoms with van der Waals surface area (Å²) < 4.78 is 5.27. The van der Waals surface area contributed by atoms with Crippen molar-refractivity contribution < 1.29 is 9.53 Å². The summed E-state index contributed by atoms with van der Waals surface area (Å²) in [4.78, 5) is 13.8. The molecule has 1 heterocycles. The highest BCUT2D eigenvalue weighted by Crippen LogP contribution is 2.07. The third-order valence-corrected chi connectivity index (χ3v) is 2.50. The number of amides is 1. The number of nitrogens with zero attached hydrogens (tertiary/aromatic N) is 2. The van der Waals surface area contributed by atoms with Crippen LogP contribution in [0.3, 0.4) is 0 Å². The van der Waals surface area contributed by atoms with E-state index in [0.29, 0.717) is 38.4 Å². The molecule has 0 saturated heterocycles. The van der Waals surface area contributed by atoms with E-state index >= 15 is 0 Å². The molecule has 3 N–H and O–H groups in total. The van der Waals surface area contributed by atoms with E-state index < -0.39 is 0 Å². The molecule has 0 aliphatic heterocycles. The smallest absolute Gasteiger partial charge is 0.257 e. The average molecular weight is 240 g/mol. The Morgan fingerprint density at radius 1 is 1.59 bits per heavy atom. The van der Waals surface area contributed by atoms with E-state index in [9.17, 15) is 4.79 Å². The molecule has 6 heteroatoms. The lowest BCUT2D eigenvalue weighted by molar-refractivity contribution is 0.0662. The molecular weight excluding hydrogens is 220 g/mol. The lowest BCUT2D eigenvalue weighted by Gasteiger charge is -2.20. The Labute approximate surface area is 101 Å². The average Bonchev–Trinajstić information content (AvgIpc) is 2.75. The standard InChI is InChI=1S/C11H20N4O2/c1-3-15(5-7-17-6-4-12)11(16)10-8-13-14-9(10)2/h8H,3-7,12H2,1-2H3,(H,13,14). The molecule has 1 amide bonds. The molecule has 0 saturated carbocycles. The number of nitrogens with two attached hydrogens (primary N) is 1. The molecule has 6 nitrogen and oxygen atoms in total. The van der Waals surface area contributed by atoms with Gasteiger partial charge < -0.3 is 15.4 Å². The Balaban J connectivity index is 2.50. The third-order valence-electron chi connectivity index (χ3n) is 2.50. The molecule has 0 aromatic carbocycles. The summed E-state index contributed by atoms with van der Waals surface area (Å²) in [5.41, 5.74) is 6.72. The minimum atomic E-state index is -0.0184. The SMILES string of the molecule is CCN(CCOCCN)C(=O)c1cn[nH]c1C. The van der Waals surface area contributed by atoms with Gasteiger partial charge in [-0.1, -0.05) is 0 Å². The van der Waals surface area contributed by atoms with Crippen LogP contribution in [0.5, 0.6) is 0 Å². The molecule has 1 aromatic heterocycles. The van der Waals surface area contributed by atoms with Crippen LogP contribution in [0, 0.1) is 6.92 Å². The molecule has 0 bridgehead atoms. The zero-order valence-electron chi connectivity index (χ0n) is 10.4. The van der Waals surface area contributed by atoms with Crippen molar-refractivity contribution in [2.45, 2.75) is 13.8 Å². The van der Waals surface area contributed by atoms with Gasteiger partial charge >= 0.3 is 0 Å². The van der Waals surface area contributed by atoms with Gasteiger partial charge in [0.25, 0.3) is 5.91 Å². The van der Waals surface area contributed by atoms with Crippen molar-refractivity contribution in [2.75, 3.05) is 32.8 Å². The van der Waals surface area contributed by atoms with E-state index in [1.807, 2.05) is 13.8 Å². The summed E-state index contributed by atoms with van der Waals surface area (Å²) >= 11 is 0. The number of likely N-dealkylation sites (N-methyl/N-ethyl adjacent to an activating group) is 1. The monoisotopic (exact) mass is 240 g/mol. The number of aryl methyl sites for hydroxylation is 1. The first-order chi connectivity index (χ1) is 8.20. The van der Waals surface area contributed by atoms with Crippen molar-refractivity contribution in [2.24, 2.45) is 5.73 Å². The van der Waals surface area contributed by atoms with Crippen LogP contribution in [0.25, 0.3) is 0 Å². The van der Waals surface area contributed by atoms with E-state index in [2.05, 4.69) is 10.2 Å². The summed E-state index contributed by atoms with van der Waals surface area (Å²) in [6.45, 7) is 6.52. The Hall–Kier alpha value is -1.40. The number of hydrogen-bond acceptors (Lipinski definition) is 4. The first-order valence-corrected chi connectivity index (χ1v) is 5.77. The van der Waals surface area contributed by atoms with Crippen LogP contribution in [0.1, 0.15) is 23.0 Å². The maximum absolute atomic E-state index is 12.1. The van der Waals surface area contributed by atoms with Crippen molar-refractivity contribution in [3.8, 4) is 0 Å². The quantitative estimate of drug-likeness (QED) is 0.665. The number of aromatic nitrogens is 2. The van der Waals surface area contributed by atoms with Gasteiger partial charge in [-0.3, -0.25) is 9.89 Å². The van der Waals surface area contributed by atoms with Crippen LogP contribution >= 0.6 is 0 Å². The Kier molecular flexibility index (Phi) is 5.65. The normalized spacial score (nSPS) is 10.5. The van der Waals surface area contributed by atoms with Gasteiger partial charge in [0.05, 0.1) is 25.0 Å². The van der Waals surface area contributed by atoms with Crippen molar-refractivity contribution in [1.29, 1.82) is 0 Å². The van der Waals surface area contributed by atoms with E-state index in [4.69, 9.17) is 10.5 Å². The van der Waals surface area contributed by atoms with E-state index in [0.717, 1.165) is 5.69 Å². The van der Waals surface area contributed by atoms with Crippen molar-refractivity contribution in [1.82, 2.24) is 15.1 Å². The predicted octanol–water partition coefficient (Wildman–Crippen LogP) is 0.156. The summed E-state index contributed by atoms with van der Waals surface area (Å²) in [5, 5.41) is 6.61. The number of aromatic amines is 1. The second-order valence-electron chi connectivity index (χ2n) is 3.69. The number of carbonyl (C=O) groups is 1. The molecule has 0 aliphatic carbocycles. The molecule has 1 rings (SSSR count). The number of carbonyl (C=O) groups excluding carboxylic acids is 1. The van der Waals surface area contributed by atoms with Gasteiger partial charge in [0.15, 0.2) is 0 Å². The highest BCUT2D eigenvalue weighted by Gasteiger charge is 2.17. The van der Waals surface area contributed by atoms with E-state index in [1.54, 1.807) is 11.1 Å². The molecule has 0 unspecified atom stereocenters. The van der Waals surface area contributed by atoms with E-state index in [-0.39, 0.29) is 5.91 Å². The number of H-pyrrole nitrogens is 1. The van der Waals surface area contributed by atoms with Gasteiger partial charge in [-0.2, -0.15) is 5.10 Å². The molecule has 17 heavy (non-hydrogen) atoms. The minimum Gasteiger partial charge on any atom is -0.378 e. The first kappa shape index (κ1) is 13.7. The molecule has 0 spiro atoms. The Bertz CT molecular complexity index is 351. The summed E-state index contributed by atoms with van der Waals surface area (Å²) in [7, 11) is 0. The first-order valence-electron chi connectivity index (χ1n) is 5.77. The summed E-state index contributed by atoms with van der Waals surface area (Å²) in [6.07, 6.45) is 1.56. The van der Waals surface area contributed by atoms with Crippen LogP contribution in [0.15, 0.2) is 6.20 Å². The number of nitrogens with one attached hydrogen (secondary N) is 1.